The summed E-state index contributed by atoms with van der Waals surface area (Å²) in [6.45, 7) is 1.69. The Bertz CT molecular complexity index is 922. The van der Waals surface area contributed by atoms with Gasteiger partial charge in [-0.15, -0.1) is 0 Å². The maximum atomic E-state index is 12.3. The molecule has 0 saturated heterocycles. The first-order valence-electron chi connectivity index (χ1n) is 6.23. The number of aromatic nitrogens is 2. The van der Waals surface area contributed by atoms with Crippen LogP contribution in [-0.4, -0.2) is 18.4 Å². The summed E-state index contributed by atoms with van der Waals surface area (Å²) in [6, 6.07) is 7.27. The standard InChI is InChI=1S/C13H13N3O4S/c1-8(12-3-2-6-20-12)16-21(18,19)9-4-5-10-11(7-9)15-13(17)14-10/h2-8,16H,1H3,(H2,14,15,17)/t8-/m1/s1. The Morgan fingerprint density at radius 2 is 1.95 bits per heavy atom. The molecule has 0 fully saturated rings. The molecule has 110 valence electrons. The third kappa shape index (κ3) is 2.63. The first-order valence-corrected chi connectivity index (χ1v) is 7.72. The van der Waals surface area contributed by atoms with Gasteiger partial charge in [0.05, 0.1) is 28.2 Å². The number of nitrogens with one attached hydrogen (secondary N) is 3. The predicted octanol–water partition coefficient (Wildman–Crippen LogP) is 1.49. The van der Waals surface area contributed by atoms with E-state index in [4.69, 9.17) is 4.42 Å². The van der Waals surface area contributed by atoms with E-state index in [0.717, 1.165) is 0 Å². The van der Waals surface area contributed by atoms with Crippen molar-refractivity contribution in [3.63, 3.8) is 0 Å². The van der Waals surface area contributed by atoms with Crippen LogP contribution in [0.2, 0.25) is 0 Å². The SMILES string of the molecule is C[C@@H](NS(=O)(=O)c1ccc2[nH]c(=O)[nH]c2c1)c1ccco1. The highest BCUT2D eigenvalue weighted by molar-refractivity contribution is 7.89. The van der Waals surface area contributed by atoms with Gasteiger partial charge in [0.1, 0.15) is 5.76 Å². The van der Waals surface area contributed by atoms with Crippen molar-refractivity contribution in [3.8, 4) is 0 Å². The van der Waals surface area contributed by atoms with Crippen LogP contribution in [0.25, 0.3) is 11.0 Å². The van der Waals surface area contributed by atoms with Crippen LogP contribution < -0.4 is 10.4 Å². The van der Waals surface area contributed by atoms with Crippen LogP contribution in [0.3, 0.4) is 0 Å². The minimum atomic E-state index is -3.71. The predicted molar refractivity (Wildman–Crippen MR) is 76.4 cm³/mol. The summed E-state index contributed by atoms with van der Waals surface area (Å²) in [4.78, 5) is 16.4. The van der Waals surface area contributed by atoms with E-state index in [9.17, 15) is 13.2 Å². The highest BCUT2D eigenvalue weighted by Gasteiger charge is 2.20. The van der Waals surface area contributed by atoms with Gasteiger partial charge in [-0.2, -0.15) is 0 Å². The second kappa shape index (κ2) is 4.90. The lowest BCUT2D eigenvalue weighted by molar-refractivity contribution is 0.459. The van der Waals surface area contributed by atoms with E-state index in [1.165, 1.54) is 18.4 Å². The molecule has 0 amide bonds. The molecule has 0 radical (unpaired) electrons. The number of sulfonamides is 1. The molecule has 3 rings (SSSR count). The molecule has 0 aliphatic heterocycles. The monoisotopic (exact) mass is 307 g/mol. The molecule has 21 heavy (non-hydrogen) atoms. The number of furan rings is 1. The van der Waals surface area contributed by atoms with Gasteiger partial charge in [-0.05, 0) is 37.3 Å². The fourth-order valence-corrected chi connectivity index (χ4v) is 3.31. The Morgan fingerprint density at radius 1 is 1.19 bits per heavy atom. The summed E-state index contributed by atoms with van der Waals surface area (Å²) in [7, 11) is -3.71. The summed E-state index contributed by atoms with van der Waals surface area (Å²) in [5.74, 6) is 0.523. The zero-order valence-corrected chi connectivity index (χ0v) is 11.9. The van der Waals surface area contributed by atoms with E-state index in [1.807, 2.05) is 0 Å². The van der Waals surface area contributed by atoms with Crippen molar-refractivity contribution < 1.29 is 12.8 Å². The van der Waals surface area contributed by atoms with Crippen molar-refractivity contribution in [3.05, 3.63) is 52.8 Å². The van der Waals surface area contributed by atoms with Gasteiger partial charge in [0.15, 0.2) is 0 Å². The molecule has 1 atom stereocenters. The van der Waals surface area contributed by atoms with Crippen LogP contribution in [0.4, 0.5) is 0 Å². The van der Waals surface area contributed by atoms with Crippen LogP contribution in [0.5, 0.6) is 0 Å². The number of benzene rings is 1. The molecule has 0 saturated carbocycles. The molecule has 3 N–H and O–H groups in total. The van der Waals surface area contributed by atoms with Crippen LogP contribution in [-0.2, 0) is 10.0 Å². The number of fused-ring (bicyclic) bond motifs is 1. The van der Waals surface area contributed by atoms with Gasteiger partial charge in [0.25, 0.3) is 0 Å². The Morgan fingerprint density at radius 3 is 2.67 bits per heavy atom. The minimum Gasteiger partial charge on any atom is -0.468 e. The first-order chi connectivity index (χ1) is 9.95. The molecular formula is C13H13N3O4S. The van der Waals surface area contributed by atoms with Crippen LogP contribution in [0.1, 0.15) is 18.7 Å². The van der Waals surface area contributed by atoms with Crippen LogP contribution in [0.15, 0.2) is 50.7 Å². The highest BCUT2D eigenvalue weighted by Crippen LogP contribution is 2.19. The Kier molecular flexibility index (Phi) is 3.19. The second-order valence-corrected chi connectivity index (χ2v) is 6.36. The third-order valence-corrected chi connectivity index (χ3v) is 4.64. The zero-order valence-electron chi connectivity index (χ0n) is 11.1. The molecule has 0 aliphatic rings. The molecule has 2 aromatic heterocycles. The second-order valence-electron chi connectivity index (χ2n) is 4.64. The summed E-state index contributed by atoms with van der Waals surface area (Å²) in [5.41, 5.74) is 0.614. The van der Waals surface area contributed by atoms with E-state index in [-0.39, 0.29) is 10.6 Å². The molecule has 1 aromatic carbocycles. The lowest BCUT2D eigenvalue weighted by Gasteiger charge is -2.12. The van der Waals surface area contributed by atoms with Gasteiger partial charge in [-0.3, -0.25) is 0 Å². The summed E-state index contributed by atoms with van der Waals surface area (Å²) < 4.78 is 32.4. The topological polar surface area (TPSA) is 108 Å². The Hall–Kier alpha value is -2.32. The summed E-state index contributed by atoms with van der Waals surface area (Å²) >= 11 is 0. The average Bonchev–Trinajstić information content (AvgIpc) is 3.04. The normalized spacial score (nSPS) is 13.6. The summed E-state index contributed by atoms with van der Waals surface area (Å²) in [5, 5.41) is 0. The van der Waals surface area contributed by atoms with E-state index in [2.05, 4.69) is 14.7 Å². The Balaban J connectivity index is 1.94. The molecule has 7 nitrogen and oxygen atoms in total. The maximum Gasteiger partial charge on any atom is 0.323 e. The lowest BCUT2D eigenvalue weighted by atomic mass is 10.3. The van der Waals surface area contributed by atoms with Crippen molar-refractivity contribution in [2.45, 2.75) is 17.9 Å². The molecule has 0 bridgehead atoms. The molecule has 3 aromatic rings. The molecule has 0 spiro atoms. The highest BCUT2D eigenvalue weighted by atomic mass is 32.2. The molecule has 0 aliphatic carbocycles. The molecule has 2 heterocycles. The van der Waals surface area contributed by atoms with Gasteiger partial charge in [-0.25, -0.2) is 17.9 Å². The number of hydrogen-bond donors (Lipinski definition) is 3. The maximum absolute atomic E-state index is 12.3. The van der Waals surface area contributed by atoms with Crippen molar-refractivity contribution in [1.82, 2.24) is 14.7 Å². The van der Waals surface area contributed by atoms with Crippen LogP contribution >= 0.6 is 0 Å². The fourth-order valence-electron chi connectivity index (χ4n) is 2.08. The summed E-state index contributed by atoms with van der Waals surface area (Å²) in [6.07, 6.45) is 1.48. The molecule has 0 unspecified atom stereocenters. The fraction of sp³-hybridized carbons (Fsp3) is 0.154. The lowest BCUT2D eigenvalue weighted by Crippen LogP contribution is -2.26. The quantitative estimate of drug-likeness (QED) is 0.678. The van der Waals surface area contributed by atoms with E-state index >= 15 is 0 Å². The number of hydrogen-bond acceptors (Lipinski definition) is 4. The van der Waals surface area contributed by atoms with Crippen molar-refractivity contribution >= 4 is 21.1 Å². The van der Waals surface area contributed by atoms with Crippen molar-refractivity contribution in [1.29, 1.82) is 0 Å². The van der Waals surface area contributed by atoms with Gasteiger partial charge in [0.2, 0.25) is 10.0 Å². The average molecular weight is 307 g/mol. The number of H-pyrrole nitrogens is 2. The van der Waals surface area contributed by atoms with Crippen LogP contribution in [0, 0.1) is 0 Å². The minimum absolute atomic E-state index is 0.0728. The van der Waals surface area contributed by atoms with Gasteiger partial charge in [0, 0.05) is 0 Å². The van der Waals surface area contributed by atoms with E-state index in [0.29, 0.717) is 16.8 Å². The van der Waals surface area contributed by atoms with Gasteiger partial charge in [-0.1, -0.05) is 0 Å². The van der Waals surface area contributed by atoms with Gasteiger partial charge >= 0.3 is 5.69 Å². The molecule has 8 heteroatoms. The van der Waals surface area contributed by atoms with Crippen molar-refractivity contribution in [2.24, 2.45) is 0 Å². The Labute approximate surface area is 120 Å². The smallest absolute Gasteiger partial charge is 0.323 e. The van der Waals surface area contributed by atoms with Gasteiger partial charge < -0.3 is 14.4 Å². The van der Waals surface area contributed by atoms with E-state index < -0.39 is 16.1 Å². The largest absolute Gasteiger partial charge is 0.468 e. The number of aromatic amines is 2. The zero-order chi connectivity index (χ0) is 15.0. The third-order valence-electron chi connectivity index (χ3n) is 3.10. The molecular weight excluding hydrogens is 294 g/mol. The van der Waals surface area contributed by atoms with E-state index in [1.54, 1.807) is 25.1 Å². The number of rotatable bonds is 4. The first kappa shape index (κ1) is 13.7. The van der Waals surface area contributed by atoms with Crippen molar-refractivity contribution in [2.75, 3.05) is 0 Å². The number of imidazole rings is 1.